The molecule has 2 nitrogen and oxygen atoms in total. The molecular formula is C13H9F3N2S. The molecule has 0 fully saturated rings. The first-order valence-electron chi connectivity index (χ1n) is 5.54. The Kier molecular flexibility index (Phi) is 2.63. The molecule has 0 saturated carbocycles. The summed E-state index contributed by atoms with van der Waals surface area (Å²) in [4.78, 5) is 5.24. The van der Waals surface area contributed by atoms with Crippen molar-refractivity contribution in [3.63, 3.8) is 0 Å². The summed E-state index contributed by atoms with van der Waals surface area (Å²) >= 11 is 1.51. The molecule has 0 aliphatic carbocycles. The molecule has 3 aromatic rings. The molecule has 0 aliphatic rings. The average Bonchev–Trinajstić information content (AvgIpc) is 2.96. The van der Waals surface area contributed by atoms with E-state index < -0.39 is 11.7 Å². The largest absolute Gasteiger partial charge is 0.416 e. The molecule has 2 heterocycles. The quantitative estimate of drug-likeness (QED) is 0.650. The minimum absolute atomic E-state index is 0.362. The van der Waals surface area contributed by atoms with Gasteiger partial charge in [-0.05, 0) is 29.6 Å². The number of rotatable bonds is 1. The van der Waals surface area contributed by atoms with E-state index in [1.54, 1.807) is 11.6 Å². The number of thiophene rings is 1. The van der Waals surface area contributed by atoms with Gasteiger partial charge in [0.2, 0.25) is 0 Å². The Morgan fingerprint density at radius 2 is 2.00 bits per heavy atom. The summed E-state index contributed by atoms with van der Waals surface area (Å²) in [5.41, 5.74) is 0.382. The zero-order chi connectivity index (χ0) is 13.6. The first-order chi connectivity index (χ1) is 8.97. The standard InChI is InChI=1S/C13H9F3N2S/c1-18-10-5-4-8(13(14,15)16)7-9(10)17-12(18)11-3-2-6-19-11/h2-7H,1H3. The summed E-state index contributed by atoms with van der Waals surface area (Å²) in [5, 5.41) is 1.91. The lowest BCUT2D eigenvalue weighted by atomic mass is 10.2. The summed E-state index contributed by atoms with van der Waals surface area (Å²) < 4.78 is 39.8. The predicted molar refractivity (Wildman–Crippen MR) is 69.0 cm³/mol. The molecule has 0 bridgehead atoms. The number of benzene rings is 1. The van der Waals surface area contributed by atoms with E-state index in [0.717, 1.165) is 17.0 Å². The van der Waals surface area contributed by atoms with E-state index in [1.165, 1.54) is 17.4 Å². The van der Waals surface area contributed by atoms with Crippen molar-refractivity contribution in [2.45, 2.75) is 6.18 Å². The second-order valence-corrected chi connectivity index (χ2v) is 5.12. The Hall–Kier alpha value is -1.82. The fourth-order valence-electron chi connectivity index (χ4n) is 2.00. The van der Waals surface area contributed by atoms with Gasteiger partial charge in [-0.15, -0.1) is 11.3 Å². The number of alkyl halides is 3. The zero-order valence-corrected chi connectivity index (χ0v) is 10.7. The minimum Gasteiger partial charge on any atom is -0.326 e. The van der Waals surface area contributed by atoms with Gasteiger partial charge in [-0.1, -0.05) is 6.07 Å². The van der Waals surface area contributed by atoms with E-state index in [0.29, 0.717) is 16.9 Å². The third-order valence-electron chi connectivity index (χ3n) is 2.95. The fourth-order valence-corrected chi connectivity index (χ4v) is 2.75. The zero-order valence-electron chi connectivity index (χ0n) is 9.90. The second kappa shape index (κ2) is 4.09. The van der Waals surface area contributed by atoms with Crippen LogP contribution >= 0.6 is 11.3 Å². The maximum Gasteiger partial charge on any atom is 0.416 e. The van der Waals surface area contributed by atoms with Crippen molar-refractivity contribution < 1.29 is 13.2 Å². The van der Waals surface area contributed by atoms with Gasteiger partial charge in [0.15, 0.2) is 5.82 Å². The van der Waals surface area contributed by atoms with Crippen LogP contribution in [-0.4, -0.2) is 9.55 Å². The lowest BCUT2D eigenvalue weighted by molar-refractivity contribution is -0.137. The Labute approximate surface area is 111 Å². The molecule has 0 aliphatic heterocycles. The molecule has 2 aromatic heterocycles. The van der Waals surface area contributed by atoms with E-state index in [-0.39, 0.29) is 0 Å². The highest BCUT2D eigenvalue weighted by Gasteiger charge is 2.31. The first-order valence-corrected chi connectivity index (χ1v) is 6.42. The van der Waals surface area contributed by atoms with Crippen molar-refractivity contribution in [3.05, 3.63) is 41.3 Å². The monoisotopic (exact) mass is 282 g/mol. The molecule has 0 amide bonds. The maximum atomic E-state index is 12.7. The van der Waals surface area contributed by atoms with Crippen molar-refractivity contribution in [1.29, 1.82) is 0 Å². The van der Waals surface area contributed by atoms with Gasteiger partial charge in [-0.25, -0.2) is 4.98 Å². The summed E-state index contributed by atoms with van der Waals surface area (Å²) in [5.74, 6) is 0.685. The lowest BCUT2D eigenvalue weighted by Crippen LogP contribution is -2.04. The predicted octanol–water partition coefficient (Wildman–Crippen LogP) is 4.32. The Morgan fingerprint density at radius 1 is 1.21 bits per heavy atom. The number of hydrogen-bond acceptors (Lipinski definition) is 2. The van der Waals surface area contributed by atoms with Gasteiger partial charge in [-0.3, -0.25) is 0 Å². The second-order valence-electron chi connectivity index (χ2n) is 4.17. The highest BCUT2D eigenvalue weighted by molar-refractivity contribution is 7.13. The van der Waals surface area contributed by atoms with E-state index in [4.69, 9.17) is 0 Å². The third kappa shape index (κ3) is 2.02. The van der Waals surface area contributed by atoms with Crippen LogP contribution in [0.1, 0.15) is 5.56 Å². The number of aromatic nitrogens is 2. The Morgan fingerprint density at radius 3 is 2.63 bits per heavy atom. The molecule has 0 unspecified atom stereocenters. The molecule has 0 saturated heterocycles. The van der Waals surface area contributed by atoms with Crippen LogP contribution in [0, 0.1) is 0 Å². The normalized spacial score (nSPS) is 12.2. The van der Waals surface area contributed by atoms with Gasteiger partial charge >= 0.3 is 6.18 Å². The Bertz CT molecular complexity index is 726. The van der Waals surface area contributed by atoms with Crippen LogP contribution in [0.15, 0.2) is 35.7 Å². The summed E-state index contributed by atoms with van der Waals surface area (Å²) in [6.07, 6.45) is -4.34. The molecule has 0 atom stereocenters. The minimum atomic E-state index is -4.34. The molecule has 3 rings (SSSR count). The number of imidazole rings is 1. The third-order valence-corrected chi connectivity index (χ3v) is 3.82. The van der Waals surface area contributed by atoms with Crippen LogP contribution in [0.3, 0.4) is 0 Å². The number of nitrogens with zero attached hydrogens (tertiary/aromatic N) is 2. The summed E-state index contributed by atoms with van der Waals surface area (Å²) in [6, 6.07) is 7.42. The molecular weight excluding hydrogens is 273 g/mol. The van der Waals surface area contributed by atoms with Crippen molar-refractivity contribution in [1.82, 2.24) is 9.55 Å². The lowest BCUT2D eigenvalue weighted by Gasteiger charge is -2.05. The van der Waals surface area contributed by atoms with Gasteiger partial charge in [0.1, 0.15) is 0 Å². The van der Waals surface area contributed by atoms with E-state index in [9.17, 15) is 13.2 Å². The van der Waals surface area contributed by atoms with E-state index in [1.807, 2.05) is 17.5 Å². The molecule has 0 radical (unpaired) electrons. The topological polar surface area (TPSA) is 17.8 Å². The number of aryl methyl sites for hydroxylation is 1. The molecule has 98 valence electrons. The van der Waals surface area contributed by atoms with Crippen molar-refractivity contribution in [3.8, 4) is 10.7 Å². The van der Waals surface area contributed by atoms with Crippen LogP contribution in [0.25, 0.3) is 21.7 Å². The highest BCUT2D eigenvalue weighted by atomic mass is 32.1. The SMILES string of the molecule is Cn1c(-c2cccs2)nc2cc(C(F)(F)F)ccc21. The van der Waals surface area contributed by atoms with Crippen LogP contribution in [-0.2, 0) is 13.2 Å². The average molecular weight is 282 g/mol. The number of fused-ring (bicyclic) bond motifs is 1. The first kappa shape index (κ1) is 12.2. The summed E-state index contributed by atoms with van der Waals surface area (Å²) in [6.45, 7) is 0. The van der Waals surface area contributed by atoms with Crippen molar-refractivity contribution in [2.75, 3.05) is 0 Å². The molecule has 6 heteroatoms. The summed E-state index contributed by atoms with van der Waals surface area (Å²) in [7, 11) is 1.80. The van der Waals surface area contributed by atoms with Gasteiger partial charge in [0.05, 0.1) is 21.5 Å². The molecule has 1 aromatic carbocycles. The van der Waals surface area contributed by atoms with Crippen LogP contribution < -0.4 is 0 Å². The van der Waals surface area contributed by atoms with Crippen LogP contribution in [0.4, 0.5) is 13.2 Å². The number of halogens is 3. The van der Waals surface area contributed by atoms with Crippen LogP contribution in [0.2, 0.25) is 0 Å². The fraction of sp³-hybridized carbons (Fsp3) is 0.154. The smallest absolute Gasteiger partial charge is 0.326 e. The molecule has 0 spiro atoms. The van der Waals surface area contributed by atoms with Crippen molar-refractivity contribution in [2.24, 2.45) is 7.05 Å². The number of hydrogen-bond donors (Lipinski definition) is 0. The molecule has 0 N–H and O–H groups in total. The Balaban J connectivity index is 2.21. The van der Waals surface area contributed by atoms with Gasteiger partial charge in [-0.2, -0.15) is 13.2 Å². The maximum absolute atomic E-state index is 12.7. The molecule has 19 heavy (non-hydrogen) atoms. The van der Waals surface area contributed by atoms with Crippen molar-refractivity contribution >= 4 is 22.4 Å². The van der Waals surface area contributed by atoms with E-state index in [2.05, 4.69) is 4.98 Å². The van der Waals surface area contributed by atoms with Gasteiger partial charge in [0, 0.05) is 7.05 Å². The van der Waals surface area contributed by atoms with Gasteiger partial charge < -0.3 is 4.57 Å². The highest BCUT2D eigenvalue weighted by Crippen LogP contribution is 2.33. The van der Waals surface area contributed by atoms with Crippen LogP contribution in [0.5, 0.6) is 0 Å². The van der Waals surface area contributed by atoms with Gasteiger partial charge in [0.25, 0.3) is 0 Å². The van der Waals surface area contributed by atoms with E-state index >= 15 is 0 Å².